The molecule has 0 radical (unpaired) electrons. The fourth-order valence-electron chi connectivity index (χ4n) is 3.65. The summed E-state index contributed by atoms with van der Waals surface area (Å²) in [6.07, 6.45) is 2.47. The molecule has 0 unspecified atom stereocenters. The van der Waals surface area contributed by atoms with Gasteiger partial charge in [0.15, 0.2) is 0 Å². The Morgan fingerprint density at radius 1 is 1.25 bits per heavy atom. The predicted molar refractivity (Wildman–Crippen MR) is 111 cm³/mol. The van der Waals surface area contributed by atoms with Gasteiger partial charge in [0.25, 0.3) is 5.91 Å². The summed E-state index contributed by atoms with van der Waals surface area (Å²) in [6.45, 7) is 4.30. The minimum Gasteiger partial charge on any atom is -0.481 e. The fourth-order valence-corrected chi connectivity index (χ4v) is 4.15. The first-order valence-electron chi connectivity index (χ1n) is 9.16. The number of amides is 1. The Bertz CT molecular complexity index is 1010. The van der Waals surface area contributed by atoms with Crippen LogP contribution in [0.5, 0.6) is 5.88 Å². The quantitative estimate of drug-likeness (QED) is 0.632. The molecule has 0 aliphatic carbocycles. The van der Waals surface area contributed by atoms with Crippen LogP contribution in [0.1, 0.15) is 47.2 Å². The number of carbonyl (C=O) groups is 1. The van der Waals surface area contributed by atoms with Crippen LogP contribution in [-0.4, -0.2) is 28.2 Å². The zero-order chi connectivity index (χ0) is 19.8. The van der Waals surface area contributed by atoms with E-state index in [-0.39, 0.29) is 11.9 Å². The molecule has 1 aliphatic heterocycles. The van der Waals surface area contributed by atoms with Crippen molar-refractivity contribution in [3.63, 3.8) is 0 Å². The highest BCUT2D eigenvalue weighted by Crippen LogP contribution is 2.44. The van der Waals surface area contributed by atoms with Gasteiger partial charge in [-0.1, -0.05) is 48.0 Å². The molecule has 1 amide bonds. The molecule has 0 bridgehead atoms. The molecule has 1 aromatic carbocycles. The molecular formula is C21H21BrN4O2. The van der Waals surface area contributed by atoms with Crippen molar-refractivity contribution < 1.29 is 9.53 Å². The van der Waals surface area contributed by atoms with Crippen molar-refractivity contribution in [1.82, 2.24) is 15.2 Å². The van der Waals surface area contributed by atoms with Crippen molar-refractivity contribution in [3.05, 3.63) is 69.6 Å². The van der Waals surface area contributed by atoms with Gasteiger partial charge in [-0.3, -0.25) is 14.8 Å². The lowest BCUT2D eigenvalue weighted by Gasteiger charge is -2.27. The van der Waals surface area contributed by atoms with Gasteiger partial charge >= 0.3 is 0 Å². The van der Waals surface area contributed by atoms with E-state index in [1.165, 1.54) is 0 Å². The van der Waals surface area contributed by atoms with Crippen LogP contribution in [0.3, 0.4) is 0 Å². The largest absolute Gasteiger partial charge is 0.481 e. The number of pyridine rings is 1. The fraction of sp³-hybridized carbons (Fsp3) is 0.286. The van der Waals surface area contributed by atoms with Gasteiger partial charge in [-0.25, -0.2) is 4.98 Å². The number of H-pyrrole nitrogens is 1. The minimum atomic E-state index is -0.277. The number of aromatic nitrogens is 3. The van der Waals surface area contributed by atoms with Gasteiger partial charge in [-0.15, -0.1) is 0 Å². The van der Waals surface area contributed by atoms with Crippen LogP contribution in [0.4, 0.5) is 5.69 Å². The topological polar surface area (TPSA) is 71.1 Å². The second-order valence-electron chi connectivity index (χ2n) is 7.21. The first-order chi connectivity index (χ1) is 13.5. The van der Waals surface area contributed by atoms with Crippen LogP contribution in [0.2, 0.25) is 0 Å². The summed E-state index contributed by atoms with van der Waals surface area (Å²) in [5.74, 6) is 0.831. The molecule has 0 saturated heterocycles. The van der Waals surface area contributed by atoms with E-state index in [1.807, 2.05) is 30.3 Å². The Labute approximate surface area is 172 Å². The Balaban J connectivity index is 1.88. The third-order valence-electron chi connectivity index (χ3n) is 4.86. The molecular weight excluding hydrogens is 420 g/mol. The number of hydrogen-bond donors (Lipinski definition) is 1. The first kappa shape index (κ1) is 18.7. The molecule has 3 aromatic rings. The summed E-state index contributed by atoms with van der Waals surface area (Å²) < 4.78 is 6.11. The van der Waals surface area contributed by atoms with Crippen molar-refractivity contribution in [2.24, 2.45) is 5.92 Å². The highest BCUT2D eigenvalue weighted by Gasteiger charge is 2.43. The number of nitrogens with zero attached hydrogens (tertiary/aromatic N) is 3. The third-order valence-corrected chi connectivity index (χ3v) is 5.58. The third kappa shape index (κ3) is 3.09. The number of anilines is 1. The highest BCUT2D eigenvalue weighted by atomic mass is 79.9. The number of fused-ring (bicyclic) bond motifs is 1. The molecule has 3 heterocycles. The lowest BCUT2D eigenvalue weighted by molar-refractivity contribution is 0.0988. The second-order valence-corrected chi connectivity index (χ2v) is 8.07. The standard InChI is InChI=1S/C21H21BrN4O2/c1-12(2)10-16-18-19(25-24-16)21(27)26(13-8-9-17(28-3)23-11-13)20(18)14-6-4-5-7-15(14)22/h4-9,11-12,20H,10H2,1-3H3,(H,24,25)/t20-/m0/s1. The maximum absolute atomic E-state index is 13.3. The van der Waals surface area contributed by atoms with Crippen molar-refractivity contribution in [2.45, 2.75) is 26.3 Å². The molecule has 0 fully saturated rings. The number of halogens is 1. The Morgan fingerprint density at radius 3 is 2.68 bits per heavy atom. The zero-order valence-electron chi connectivity index (χ0n) is 15.9. The van der Waals surface area contributed by atoms with Crippen LogP contribution in [0, 0.1) is 5.92 Å². The Morgan fingerprint density at radius 2 is 2.04 bits per heavy atom. The van der Waals surface area contributed by atoms with Crippen LogP contribution >= 0.6 is 15.9 Å². The molecule has 0 spiro atoms. The first-order valence-corrected chi connectivity index (χ1v) is 9.95. The Kier molecular flexibility index (Phi) is 4.93. The van der Waals surface area contributed by atoms with Crippen LogP contribution in [-0.2, 0) is 6.42 Å². The normalized spacial score (nSPS) is 16.0. The monoisotopic (exact) mass is 440 g/mol. The molecule has 1 atom stereocenters. The highest BCUT2D eigenvalue weighted by molar-refractivity contribution is 9.10. The lowest BCUT2D eigenvalue weighted by Crippen LogP contribution is -2.29. The number of aromatic amines is 1. The molecule has 1 N–H and O–H groups in total. The maximum atomic E-state index is 13.3. The van der Waals surface area contributed by atoms with Gasteiger partial charge in [-0.2, -0.15) is 5.10 Å². The van der Waals surface area contributed by atoms with E-state index < -0.39 is 0 Å². The molecule has 144 valence electrons. The number of nitrogens with one attached hydrogen (secondary N) is 1. The van der Waals surface area contributed by atoms with Gasteiger partial charge in [0, 0.05) is 16.1 Å². The minimum absolute atomic E-state index is 0.106. The summed E-state index contributed by atoms with van der Waals surface area (Å²) in [6, 6.07) is 11.3. The van der Waals surface area contributed by atoms with Crippen LogP contribution in [0.15, 0.2) is 47.1 Å². The van der Waals surface area contributed by atoms with Crippen LogP contribution in [0.25, 0.3) is 0 Å². The average Bonchev–Trinajstić information content (AvgIpc) is 3.21. The van der Waals surface area contributed by atoms with E-state index in [1.54, 1.807) is 24.3 Å². The molecule has 7 heteroatoms. The van der Waals surface area contributed by atoms with Crippen LogP contribution < -0.4 is 9.64 Å². The number of carbonyl (C=O) groups excluding carboxylic acids is 1. The van der Waals surface area contributed by atoms with E-state index in [0.29, 0.717) is 23.2 Å². The van der Waals surface area contributed by atoms with E-state index in [9.17, 15) is 4.79 Å². The SMILES string of the molecule is COc1ccc(N2C(=O)c3[nH]nc(CC(C)C)c3[C@@H]2c2ccccc2Br)cn1. The Hall–Kier alpha value is -2.67. The van der Waals surface area contributed by atoms with Gasteiger partial charge < -0.3 is 4.74 Å². The van der Waals surface area contributed by atoms with E-state index >= 15 is 0 Å². The summed E-state index contributed by atoms with van der Waals surface area (Å²) in [5.41, 5.74) is 4.15. The number of ether oxygens (including phenoxy) is 1. The number of hydrogen-bond acceptors (Lipinski definition) is 4. The molecule has 28 heavy (non-hydrogen) atoms. The number of methoxy groups -OCH3 is 1. The number of benzene rings is 1. The lowest BCUT2D eigenvalue weighted by atomic mass is 9.95. The van der Waals surface area contributed by atoms with Gasteiger partial charge in [0.05, 0.1) is 30.7 Å². The second kappa shape index (κ2) is 7.39. The molecule has 2 aromatic heterocycles. The molecule has 1 aliphatic rings. The van der Waals surface area contributed by atoms with Crippen molar-refractivity contribution >= 4 is 27.5 Å². The van der Waals surface area contributed by atoms with E-state index in [0.717, 1.165) is 27.7 Å². The van der Waals surface area contributed by atoms with E-state index in [2.05, 4.69) is 45.0 Å². The van der Waals surface area contributed by atoms with E-state index in [4.69, 9.17) is 4.74 Å². The van der Waals surface area contributed by atoms with Gasteiger partial charge in [0.2, 0.25) is 5.88 Å². The summed E-state index contributed by atoms with van der Waals surface area (Å²) in [7, 11) is 1.57. The predicted octanol–water partition coefficient (Wildman–Crippen LogP) is 4.52. The van der Waals surface area contributed by atoms with Gasteiger partial charge in [-0.05, 0) is 30.0 Å². The molecule has 6 nitrogen and oxygen atoms in total. The smallest absolute Gasteiger partial charge is 0.277 e. The summed E-state index contributed by atoms with van der Waals surface area (Å²) >= 11 is 3.66. The average molecular weight is 441 g/mol. The van der Waals surface area contributed by atoms with Crippen molar-refractivity contribution in [2.75, 3.05) is 12.0 Å². The molecule has 0 saturated carbocycles. The van der Waals surface area contributed by atoms with Gasteiger partial charge in [0.1, 0.15) is 5.69 Å². The summed E-state index contributed by atoms with van der Waals surface area (Å²) in [5, 5.41) is 7.45. The summed E-state index contributed by atoms with van der Waals surface area (Å²) in [4.78, 5) is 19.4. The van der Waals surface area contributed by atoms with Crippen molar-refractivity contribution in [1.29, 1.82) is 0 Å². The molecule has 4 rings (SSSR count). The zero-order valence-corrected chi connectivity index (χ0v) is 17.5. The maximum Gasteiger partial charge on any atom is 0.277 e. The number of rotatable bonds is 5. The van der Waals surface area contributed by atoms with Crippen molar-refractivity contribution in [3.8, 4) is 5.88 Å².